The van der Waals surface area contributed by atoms with Crippen molar-refractivity contribution in [3.63, 3.8) is 0 Å². The van der Waals surface area contributed by atoms with E-state index in [1.54, 1.807) is 12.4 Å². The van der Waals surface area contributed by atoms with Crippen LogP contribution in [-0.4, -0.2) is 20.2 Å². The van der Waals surface area contributed by atoms with Crippen molar-refractivity contribution < 1.29 is 4.42 Å². The number of nitrogens with one attached hydrogen (secondary N) is 1. The van der Waals surface area contributed by atoms with E-state index in [0.717, 1.165) is 16.6 Å². The molecule has 3 aromatic heterocycles. The topological polar surface area (TPSA) is 93.6 Å². The van der Waals surface area contributed by atoms with E-state index >= 15 is 0 Å². The predicted octanol–water partition coefficient (Wildman–Crippen LogP) is 1.07. The van der Waals surface area contributed by atoms with Gasteiger partial charge in [0.2, 0.25) is 11.8 Å². The average molecular weight is 215 g/mol. The standard InChI is InChI=1S/C10H9N5O/c11-4-8-14-15-10(16-8)7-5-13-9-6(7)2-1-3-12-9/h1-3,5H,4,11H2,(H,12,13). The first-order valence-electron chi connectivity index (χ1n) is 4.83. The van der Waals surface area contributed by atoms with E-state index in [-0.39, 0.29) is 6.54 Å². The highest BCUT2D eigenvalue weighted by Gasteiger charge is 2.12. The number of H-pyrrole nitrogens is 1. The molecule has 80 valence electrons. The van der Waals surface area contributed by atoms with Gasteiger partial charge >= 0.3 is 0 Å². The highest BCUT2D eigenvalue weighted by molar-refractivity contribution is 5.90. The molecule has 3 N–H and O–H groups in total. The van der Waals surface area contributed by atoms with Gasteiger partial charge in [-0.05, 0) is 12.1 Å². The molecule has 0 aliphatic rings. The number of aromatic amines is 1. The molecule has 6 nitrogen and oxygen atoms in total. The molecule has 3 rings (SSSR count). The summed E-state index contributed by atoms with van der Waals surface area (Å²) in [6.07, 6.45) is 3.52. The Bertz CT molecular complexity index is 627. The molecule has 0 saturated heterocycles. The molecular weight excluding hydrogens is 206 g/mol. The highest BCUT2D eigenvalue weighted by atomic mass is 16.4. The van der Waals surface area contributed by atoms with Gasteiger partial charge < -0.3 is 15.1 Å². The summed E-state index contributed by atoms with van der Waals surface area (Å²) in [4.78, 5) is 7.23. The summed E-state index contributed by atoms with van der Waals surface area (Å²) < 4.78 is 5.39. The fourth-order valence-electron chi connectivity index (χ4n) is 1.58. The minimum atomic E-state index is 0.244. The molecule has 3 heterocycles. The minimum Gasteiger partial charge on any atom is -0.419 e. The molecule has 0 bridgehead atoms. The lowest BCUT2D eigenvalue weighted by Gasteiger charge is -1.90. The zero-order valence-corrected chi connectivity index (χ0v) is 8.34. The Morgan fingerprint density at radius 3 is 3.12 bits per heavy atom. The summed E-state index contributed by atoms with van der Waals surface area (Å²) in [7, 11) is 0. The van der Waals surface area contributed by atoms with E-state index in [1.165, 1.54) is 0 Å². The molecule has 0 fully saturated rings. The van der Waals surface area contributed by atoms with Crippen LogP contribution in [0.2, 0.25) is 0 Å². The summed E-state index contributed by atoms with van der Waals surface area (Å²) in [5, 5.41) is 8.71. The lowest BCUT2D eigenvalue weighted by atomic mass is 10.2. The van der Waals surface area contributed by atoms with Gasteiger partial charge in [0.15, 0.2) is 0 Å². The molecule has 0 unspecified atom stereocenters. The third kappa shape index (κ3) is 1.28. The van der Waals surface area contributed by atoms with Crippen molar-refractivity contribution in [3.8, 4) is 11.5 Å². The molecular formula is C10H9N5O. The van der Waals surface area contributed by atoms with Crippen LogP contribution in [0.1, 0.15) is 5.89 Å². The van der Waals surface area contributed by atoms with E-state index in [0.29, 0.717) is 11.8 Å². The van der Waals surface area contributed by atoms with Gasteiger partial charge in [-0.15, -0.1) is 10.2 Å². The summed E-state index contributed by atoms with van der Waals surface area (Å²) in [6.45, 7) is 0.244. The van der Waals surface area contributed by atoms with Crippen LogP contribution in [0.25, 0.3) is 22.5 Å². The van der Waals surface area contributed by atoms with Gasteiger partial charge in [0.05, 0.1) is 12.1 Å². The number of fused-ring (bicyclic) bond motifs is 1. The maximum absolute atomic E-state index is 5.41. The number of hydrogen-bond donors (Lipinski definition) is 2. The third-order valence-electron chi connectivity index (χ3n) is 2.32. The Morgan fingerprint density at radius 1 is 1.38 bits per heavy atom. The van der Waals surface area contributed by atoms with Crippen molar-refractivity contribution >= 4 is 11.0 Å². The molecule has 0 spiro atoms. The van der Waals surface area contributed by atoms with E-state index in [4.69, 9.17) is 10.2 Å². The van der Waals surface area contributed by atoms with Crippen LogP contribution in [0.15, 0.2) is 28.9 Å². The van der Waals surface area contributed by atoms with Crippen molar-refractivity contribution in [1.29, 1.82) is 0 Å². The maximum atomic E-state index is 5.41. The number of rotatable bonds is 2. The van der Waals surface area contributed by atoms with Gasteiger partial charge in [-0.3, -0.25) is 0 Å². The molecule has 0 aliphatic carbocycles. The van der Waals surface area contributed by atoms with Crippen molar-refractivity contribution in [1.82, 2.24) is 20.2 Å². The normalized spacial score (nSPS) is 11.1. The fraction of sp³-hybridized carbons (Fsp3) is 0.100. The minimum absolute atomic E-state index is 0.244. The lowest BCUT2D eigenvalue weighted by Crippen LogP contribution is -1.95. The largest absolute Gasteiger partial charge is 0.419 e. The summed E-state index contributed by atoms with van der Waals surface area (Å²) in [6, 6.07) is 3.81. The second-order valence-corrected chi connectivity index (χ2v) is 3.31. The van der Waals surface area contributed by atoms with Crippen molar-refractivity contribution in [2.75, 3.05) is 0 Å². The summed E-state index contributed by atoms with van der Waals surface area (Å²) in [5.41, 5.74) is 7.05. The fourth-order valence-corrected chi connectivity index (χ4v) is 1.58. The van der Waals surface area contributed by atoms with Crippen LogP contribution in [0.5, 0.6) is 0 Å². The third-order valence-corrected chi connectivity index (χ3v) is 2.32. The number of aromatic nitrogens is 4. The van der Waals surface area contributed by atoms with E-state index < -0.39 is 0 Å². The van der Waals surface area contributed by atoms with Crippen molar-refractivity contribution in [3.05, 3.63) is 30.4 Å². The molecule has 0 radical (unpaired) electrons. The molecule has 0 atom stereocenters. The predicted molar refractivity (Wildman–Crippen MR) is 57.3 cm³/mol. The number of hydrogen-bond acceptors (Lipinski definition) is 5. The van der Waals surface area contributed by atoms with Crippen LogP contribution < -0.4 is 5.73 Å². The van der Waals surface area contributed by atoms with Crippen LogP contribution >= 0.6 is 0 Å². The van der Waals surface area contributed by atoms with E-state index in [2.05, 4.69) is 20.2 Å². The smallest absolute Gasteiger partial charge is 0.250 e. The van der Waals surface area contributed by atoms with E-state index in [1.807, 2.05) is 12.1 Å². The first-order valence-corrected chi connectivity index (χ1v) is 4.83. The summed E-state index contributed by atoms with van der Waals surface area (Å²) in [5.74, 6) is 0.882. The van der Waals surface area contributed by atoms with Gasteiger partial charge in [-0.2, -0.15) is 0 Å². The molecule has 0 aromatic carbocycles. The van der Waals surface area contributed by atoms with Crippen LogP contribution in [0.4, 0.5) is 0 Å². The Balaban J connectivity index is 2.18. The van der Waals surface area contributed by atoms with Crippen LogP contribution in [-0.2, 0) is 6.54 Å². The second kappa shape index (κ2) is 3.42. The van der Waals surface area contributed by atoms with Gasteiger partial charge in [0.1, 0.15) is 5.65 Å². The zero-order valence-electron chi connectivity index (χ0n) is 8.34. The SMILES string of the molecule is NCc1nnc(-c2c[nH]c3ncccc23)o1. The van der Waals surface area contributed by atoms with Gasteiger partial charge in [0.25, 0.3) is 0 Å². The number of nitrogens with two attached hydrogens (primary N) is 1. The molecule has 0 saturated carbocycles. The molecule has 3 aromatic rings. The Labute approximate surface area is 90.5 Å². The zero-order chi connectivity index (χ0) is 11.0. The second-order valence-electron chi connectivity index (χ2n) is 3.31. The van der Waals surface area contributed by atoms with Crippen LogP contribution in [0, 0.1) is 0 Å². The first-order chi connectivity index (χ1) is 7.88. The monoisotopic (exact) mass is 215 g/mol. The highest BCUT2D eigenvalue weighted by Crippen LogP contribution is 2.25. The molecule has 6 heteroatoms. The number of pyridine rings is 1. The molecule has 16 heavy (non-hydrogen) atoms. The average Bonchev–Trinajstić information content (AvgIpc) is 2.94. The van der Waals surface area contributed by atoms with Gasteiger partial charge in [-0.25, -0.2) is 4.98 Å². The van der Waals surface area contributed by atoms with E-state index in [9.17, 15) is 0 Å². The van der Waals surface area contributed by atoms with Crippen molar-refractivity contribution in [2.45, 2.75) is 6.54 Å². The van der Waals surface area contributed by atoms with Crippen molar-refractivity contribution in [2.24, 2.45) is 5.73 Å². The van der Waals surface area contributed by atoms with Gasteiger partial charge in [0, 0.05) is 17.8 Å². The van der Waals surface area contributed by atoms with Gasteiger partial charge in [-0.1, -0.05) is 0 Å². The Morgan fingerprint density at radius 2 is 2.31 bits per heavy atom. The lowest BCUT2D eigenvalue weighted by molar-refractivity contribution is 0.509. The quantitative estimate of drug-likeness (QED) is 0.666. The Hall–Kier alpha value is -2.21. The molecule has 0 amide bonds. The number of nitrogens with zero attached hydrogens (tertiary/aromatic N) is 3. The molecule has 0 aliphatic heterocycles. The maximum Gasteiger partial charge on any atom is 0.250 e. The Kier molecular flexibility index (Phi) is 1.94. The van der Waals surface area contributed by atoms with Crippen LogP contribution in [0.3, 0.4) is 0 Å². The first kappa shape index (κ1) is 9.05. The summed E-state index contributed by atoms with van der Waals surface area (Å²) >= 11 is 0.